The molecule has 0 aromatic heterocycles. The van der Waals surface area contributed by atoms with Crippen LogP contribution in [-0.4, -0.2) is 18.7 Å². The van der Waals surface area contributed by atoms with Crippen LogP contribution in [0.2, 0.25) is 0 Å². The lowest BCUT2D eigenvalue weighted by Gasteiger charge is -2.22. The number of rotatable bonds is 4. The zero-order chi connectivity index (χ0) is 11.9. The van der Waals surface area contributed by atoms with Crippen LogP contribution < -0.4 is 10.1 Å². The van der Waals surface area contributed by atoms with Crippen LogP contribution in [0.25, 0.3) is 0 Å². The van der Waals surface area contributed by atoms with Crippen LogP contribution in [-0.2, 0) is 6.42 Å². The van der Waals surface area contributed by atoms with Crippen LogP contribution in [0.4, 0.5) is 0 Å². The van der Waals surface area contributed by atoms with E-state index in [9.17, 15) is 0 Å². The monoisotopic (exact) mass is 231 g/mol. The van der Waals surface area contributed by atoms with Crippen LogP contribution in [0.15, 0.2) is 24.3 Å². The van der Waals surface area contributed by atoms with Crippen molar-refractivity contribution in [1.82, 2.24) is 5.32 Å². The maximum absolute atomic E-state index is 5.93. The number of fused-ring (bicyclic) bond motifs is 1. The SMILES string of the molecule is CC(NCC1Cc2ccccc2O1)C1(C)CC1. The van der Waals surface area contributed by atoms with Crippen molar-refractivity contribution in [2.45, 2.75) is 45.3 Å². The van der Waals surface area contributed by atoms with Crippen molar-refractivity contribution < 1.29 is 4.74 Å². The van der Waals surface area contributed by atoms with Crippen molar-refractivity contribution in [3.05, 3.63) is 29.8 Å². The number of ether oxygens (including phenoxy) is 1. The molecule has 0 amide bonds. The molecular formula is C15H21NO. The van der Waals surface area contributed by atoms with Gasteiger partial charge < -0.3 is 10.1 Å². The Morgan fingerprint density at radius 2 is 2.18 bits per heavy atom. The van der Waals surface area contributed by atoms with Crippen LogP contribution in [0, 0.1) is 5.41 Å². The maximum Gasteiger partial charge on any atom is 0.123 e. The minimum Gasteiger partial charge on any atom is -0.488 e. The van der Waals surface area contributed by atoms with Gasteiger partial charge in [0.2, 0.25) is 0 Å². The summed E-state index contributed by atoms with van der Waals surface area (Å²) in [6, 6.07) is 8.98. The lowest BCUT2D eigenvalue weighted by molar-refractivity contribution is 0.213. The highest BCUT2D eigenvalue weighted by Gasteiger charge is 2.42. The zero-order valence-corrected chi connectivity index (χ0v) is 10.7. The van der Waals surface area contributed by atoms with E-state index in [4.69, 9.17) is 4.74 Å². The van der Waals surface area contributed by atoms with Gasteiger partial charge >= 0.3 is 0 Å². The van der Waals surface area contributed by atoms with Gasteiger partial charge in [-0.15, -0.1) is 0 Å². The molecular weight excluding hydrogens is 210 g/mol. The number of nitrogens with one attached hydrogen (secondary N) is 1. The van der Waals surface area contributed by atoms with Gasteiger partial charge in [-0.1, -0.05) is 25.1 Å². The molecule has 1 aromatic rings. The zero-order valence-electron chi connectivity index (χ0n) is 10.7. The van der Waals surface area contributed by atoms with Gasteiger partial charge in [-0.25, -0.2) is 0 Å². The van der Waals surface area contributed by atoms with Crippen molar-refractivity contribution in [3.63, 3.8) is 0 Å². The van der Waals surface area contributed by atoms with E-state index in [0.717, 1.165) is 18.7 Å². The molecule has 2 heteroatoms. The third-order valence-electron chi connectivity index (χ3n) is 4.45. The van der Waals surface area contributed by atoms with Crippen molar-refractivity contribution in [3.8, 4) is 5.75 Å². The Bertz CT molecular complexity index is 386. The van der Waals surface area contributed by atoms with Crippen LogP contribution in [0.5, 0.6) is 5.75 Å². The Hall–Kier alpha value is -1.02. The molecule has 2 unspecified atom stereocenters. The molecule has 2 aliphatic rings. The molecule has 0 bridgehead atoms. The van der Waals surface area contributed by atoms with E-state index in [0.29, 0.717) is 17.6 Å². The Labute approximate surface area is 103 Å². The second kappa shape index (κ2) is 4.02. The molecule has 2 atom stereocenters. The molecule has 1 heterocycles. The molecule has 0 radical (unpaired) electrons. The van der Waals surface area contributed by atoms with Gasteiger partial charge in [0.25, 0.3) is 0 Å². The fourth-order valence-electron chi connectivity index (χ4n) is 2.55. The summed E-state index contributed by atoms with van der Waals surface area (Å²) in [4.78, 5) is 0. The van der Waals surface area contributed by atoms with Gasteiger partial charge in [0.15, 0.2) is 0 Å². The average Bonchev–Trinajstić information content (AvgIpc) is 2.95. The molecule has 17 heavy (non-hydrogen) atoms. The van der Waals surface area contributed by atoms with Crippen molar-refractivity contribution in [1.29, 1.82) is 0 Å². The summed E-state index contributed by atoms with van der Waals surface area (Å²) in [7, 11) is 0. The van der Waals surface area contributed by atoms with Crippen LogP contribution >= 0.6 is 0 Å². The number of benzene rings is 1. The van der Waals surface area contributed by atoms with Crippen LogP contribution in [0.3, 0.4) is 0 Å². The van der Waals surface area contributed by atoms with Gasteiger partial charge in [0.1, 0.15) is 11.9 Å². The van der Waals surface area contributed by atoms with Gasteiger partial charge in [-0.2, -0.15) is 0 Å². The van der Waals surface area contributed by atoms with Gasteiger partial charge in [0.05, 0.1) is 0 Å². The quantitative estimate of drug-likeness (QED) is 0.860. The summed E-state index contributed by atoms with van der Waals surface area (Å²) in [5, 5.41) is 3.64. The Kier molecular flexibility index (Phi) is 2.62. The fourth-order valence-corrected chi connectivity index (χ4v) is 2.55. The third-order valence-corrected chi connectivity index (χ3v) is 4.45. The lowest BCUT2D eigenvalue weighted by atomic mass is 10.0. The summed E-state index contributed by atoms with van der Waals surface area (Å²) in [5.41, 5.74) is 1.90. The highest BCUT2D eigenvalue weighted by Crippen LogP contribution is 2.47. The predicted molar refractivity (Wildman–Crippen MR) is 69.4 cm³/mol. The molecule has 92 valence electrons. The molecule has 1 aliphatic carbocycles. The largest absolute Gasteiger partial charge is 0.488 e. The summed E-state index contributed by atoms with van der Waals surface area (Å²) in [6.07, 6.45) is 4.10. The molecule has 2 nitrogen and oxygen atoms in total. The Morgan fingerprint density at radius 3 is 2.88 bits per heavy atom. The molecule has 3 rings (SSSR count). The molecule has 1 saturated carbocycles. The van der Waals surface area contributed by atoms with Gasteiger partial charge in [-0.05, 0) is 36.8 Å². The highest BCUT2D eigenvalue weighted by molar-refractivity contribution is 5.37. The number of hydrogen-bond acceptors (Lipinski definition) is 2. The minimum absolute atomic E-state index is 0.317. The molecule has 0 saturated heterocycles. The number of hydrogen-bond donors (Lipinski definition) is 1. The lowest BCUT2D eigenvalue weighted by Crippen LogP contribution is -2.39. The highest BCUT2D eigenvalue weighted by atomic mass is 16.5. The van der Waals surface area contributed by atoms with Crippen molar-refractivity contribution in [2.75, 3.05) is 6.54 Å². The van der Waals surface area contributed by atoms with Gasteiger partial charge in [0, 0.05) is 19.0 Å². The minimum atomic E-state index is 0.317. The summed E-state index contributed by atoms with van der Waals surface area (Å²) in [5.74, 6) is 1.07. The van der Waals surface area contributed by atoms with Gasteiger partial charge in [-0.3, -0.25) is 0 Å². The Balaban J connectivity index is 1.52. The fraction of sp³-hybridized carbons (Fsp3) is 0.600. The van der Waals surface area contributed by atoms with E-state index in [-0.39, 0.29) is 0 Å². The maximum atomic E-state index is 5.93. The molecule has 1 N–H and O–H groups in total. The first kappa shape index (κ1) is 11.1. The first-order chi connectivity index (χ1) is 8.17. The first-order valence-corrected chi connectivity index (χ1v) is 6.65. The Morgan fingerprint density at radius 1 is 1.41 bits per heavy atom. The topological polar surface area (TPSA) is 21.3 Å². The molecule has 0 spiro atoms. The molecule has 1 fully saturated rings. The van der Waals surface area contributed by atoms with E-state index in [1.54, 1.807) is 0 Å². The predicted octanol–water partition coefficient (Wildman–Crippen LogP) is 2.77. The smallest absolute Gasteiger partial charge is 0.123 e. The molecule has 1 aromatic carbocycles. The number of para-hydroxylation sites is 1. The summed E-state index contributed by atoms with van der Waals surface area (Å²) >= 11 is 0. The van der Waals surface area contributed by atoms with Crippen molar-refractivity contribution in [2.24, 2.45) is 5.41 Å². The average molecular weight is 231 g/mol. The first-order valence-electron chi connectivity index (χ1n) is 6.65. The van der Waals surface area contributed by atoms with E-state index in [1.165, 1.54) is 18.4 Å². The van der Waals surface area contributed by atoms with E-state index in [1.807, 2.05) is 6.07 Å². The van der Waals surface area contributed by atoms with Crippen LogP contribution in [0.1, 0.15) is 32.3 Å². The normalized spacial score (nSPS) is 26.1. The third kappa shape index (κ3) is 2.19. The standard InChI is InChI=1S/C15H21NO/c1-11(15(2)7-8-15)16-10-13-9-12-5-3-4-6-14(12)17-13/h3-6,11,13,16H,7-10H2,1-2H3. The second-order valence-electron chi connectivity index (χ2n) is 5.84. The van der Waals surface area contributed by atoms with E-state index >= 15 is 0 Å². The van der Waals surface area contributed by atoms with Crippen molar-refractivity contribution >= 4 is 0 Å². The summed E-state index contributed by atoms with van der Waals surface area (Å²) < 4.78 is 5.93. The summed E-state index contributed by atoms with van der Waals surface area (Å²) in [6.45, 7) is 5.63. The van der Waals surface area contributed by atoms with E-state index in [2.05, 4.69) is 37.4 Å². The molecule has 1 aliphatic heterocycles. The second-order valence-corrected chi connectivity index (χ2v) is 5.84. The van der Waals surface area contributed by atoms with E-state index < -0.39 is 0 Å².